The highest BCUT2D eigenvalue weighted by molar-refractivity contribution is 7.53. The molecular formula is C30H44O10P2. The molecule has 10 nitrogen and oxygen atoms in total. The third-order valence-corrected chi connectivity index (χ3v) is 8.18. The minimum absolute atomic E-state index is 0.160. The van der Waals surface area contributed by atoms with Crippen LogP contribution in [0.3, 0.4) is 0 Å². The fraction of sp³-hybridized carbons (Fsp3) is 0.533. The van der Waals surface area contributed by atoms with E-state index in [4.69, 9.17) is 27.6 Å². The molecule has 0 saturated heterocycles. The summed E-state index contributed by atoms with van der Waals surface area (Å²) in [6.45, 7) is 14.8. The van der Waals surface area contributed by atoms with E-state index in [1.165, 1.54) is 54.9 Å². The monoisotopic (exact) mass is 626 g/mol. The lowest BCUT2D eigenvalue weighted by Gasteiger charge is -2.30. The topological polar surface area (TPSA) is 124 Å². The van der Waals surface area contributed by atoms with E-state index in [0.29, 0.717) is 17.5 Å². The van der Waals surface area contributed by atoms with Gasteiger partial charge in [0.25, 0.3) is 0 Å². The van der Waals surface area contributed by atoms with Gasteiger partial charge in [-0.1, -0.05) is 49.6 Å². The molecule has 0 bridgehead atoms. The molecule has 2 atom stereocenters. The third-order valence-electron chi connectivity index (χ3n) is 5.58. The Bertz CT molecular complexity index is 1290. The molecule has 0 aliphatic carbocycles. The Morgan fingerprint density at radius 2 is 1.26 bits per heavy atom. The van der Waals surface area contributed by atoms with E-state index >= 15 is 0 Å². The number of rotatable bonds is 15. The first-order valence-electron chi connectivity index (χ1n) is 13.8. The van der Waals surface area contributed by atoms with Crippen LogP contribution in [0.25, 0.3) is 11.1 Å². The summed E-state index contributed by atoms with van der Waals surface area (Å²) in [5, 5.41) is 0. The van der Waals surface area contributed by atoms with Gasteiger partial charge in [0, 0.05) is 41.5 Å². The van der Waals surface area contributed by atoms with Crippen molar-refractivity contribution in [1.82, 2.24) is 0 Å². The lowest BCUT2D eigenvalue weighted by Crippen LogP contribution is -2.30. The van der Waals surface area contributed by atoms with E-state index in [0.717, 1.165) is 30.4 Å². The van der Waals surface area contributed by atoms with E-state index in [-0.39, 0.29) is 11.5 Å². The standard InChI is InChI=1S/C30H44O10P2/c1-11-12-13-16-24-19-26(37-41(9,33)39-29(5,6)35-22(3)31)28(25-17-14-15-21(2)18-25)27(20-24)38-42(10,34)40-30(7,8)36-23(4)32/h14-15,17-20H,11-13,16H2,1-10H3. The predicted octanol–water partition coefficient (Wildman–Crippen LogP) is 8.43. The quantitative estimate of drug-likeness (QED) is 0.0823. The fourth-order valence-electron chi connectivity index (χ4n) is 4.52. The van der Waals surface area contributed by atoms with Crippen molar-refractivity contribution in [3.8, 4) is 22.6 Å². The highest BCUT2D eigenvalue weighted by Gasteiger charge is 2.36. The van der Waals surface area contributed by atoms with Gasteiger partial charge in [0.05, 0.1) is 18.9 Å². The lowest BCUT2D eigenvalue weighted by molar-refractivity contribution is -0.186. The summed E-state index contributed by atoms with van der Waals surface area (Å²) in [4.78, 5) is 23.1. The van der Waals surface area contributed by atoms with Gasteiger partial charge in [-0.2, -0.15) is 0 Å². The highest BCUT2D eigenvalue weighted by atomic mass is 31.2. The van der Waals surface area contributed by atoms with E-state index in [1.54, 1.807) is 12.1 Å². The van der Waals surface area contributed by atoms with Crippen LogP contribution in [-0.2, 0) is 43.7 Å². The zero-order chi connectivity index (χ0) is 31.9. The van der Waals surface area contributed by atoms with Crippen LogP contribution in [0.1, 0.15) is 78.9 Å². The van der Waals surface area contributed by atoms with Crippen molar-refractivity contribution in [3.63, 3.8) is 0 Å². The van der Waals surface area contributed by atoms with E-state index in [2.05, 4.69) is 6.92 Å². The van der Waals surface area contributed by atoms with Crippen molar-refractivity contribution in [3.05, 3.63) is 47.5 Å². The number of hydrogen-bond donors (Lipinski definition) is 0. The van der Waals surface area contributed by atoms with Crippen molar-refractivity contribution in [1.29, 1.82) is 0 Å². The number of carbonyl (C=O) groups is 2. The molecule has 0 aliphatic heterocycles. The molecule has 2 rings (SSSR count). The molecule has 2 aromatic carbocycles. The second-order valence-electron chi connectivity index (χ2n) is 11.2. The summed E-state index contributed by atoms with van der Waals surface area (Å²) in [5.41, 5.74) is 2.71. The minimum Gasteiger partial charge on any atom is -0.433 e. The number of carbonyl (C=O) groups excluding carboxylic acids is 2. The summed E-state index contributed by atoms with van der Waals surface area (Å²) < 4.78 is 61.1. The molecule has 0 N–H and O–H groups in total. The normalized spacial score (nSPS) is 14.8. The number of unbranched alkanes of at least 4 members (excludes halogenated alkanes) is 2. The maximum atomic E-state index is 13.7. The molecule has 12 heteroatoms. The SMILES string of the molecule is CCCCCc1cc(OP(C)(=O)OC(C)(C)OC(C)=O)c(-c2cccc(C)c2)c(OP(C)(=O)OC(C)(C)OC(C)=O)c1. The Morgan fingerprint density at radius 1 is 0.786 bits per heavy atom. The molecule has 0 radical (unpaired) electrons. The van der Waals surface area contributed by atoms with Gasteiger partial charge in [-0.15, -0.1) is 0 Å². The number of ether oxygens (including phenoxy) is 2. The Labute approximate surface area is 249 Å². The van der Waals surface area contributed by atoms with Gasteiger partial charge >= 0.3 is 27.1 Å². The van der Waals surface area contributed by atoms with Crippen LogP contribution in [0.4, 0.5) is 0 Å². The summed E-state index contributed by atoms with van der Waals surface area (Å²) in [5.74, 6) is -3.96. The van der Waals surface area contributed by atoms with Gasteiger partial charge < -0.3 is 18.5 Å². The highest BCUT2D eigenvalue weighted by Crippen LogP contribution is 2.56. The van der Waals surface area contributed by atoms with Crippen molar-refractivity contribution in [2.45, 2.75) is 92.6 Å². The Kier molecular flexibility index (Phi) is 12.0. The molecule has 0 heterocycles. The first-order chi connectivity index (χ1) is 19.2. The molecule has 0 saturated carbocycles. The first kappa shape index (κ1) is 35.6. The van der Waals surface area contributed by atoms with Crippen LogP contribution in [0.2, 0.25) is 0 Å². The second-order valence-corrected chi connectivity index (χ2v) is 15.0. The van der Waals surface area contributed by atoms with Crippen LogP contribution >= 0.6 is 15.2 Å². The molecule has 42 heavy (non-hydrogen) atoms. The largest absolute Gasteiger partial charge is 0.433 e. The average molecular weight is 627 g/mol. The summed E-state index contributed by atoms with van der Waals surface area (Å²) in [6.07, 6.45) is 3.47. The van der Waals surface area contributed by atoms with Gasteiger partial charge in [-0.3, -0.25) is 18.6 Å². The molecule has 0 amide bonds. The number of aryl methyl sites for hydroxylation is 2. The Hall–Kier alpha value is -2.64. The smallest absolute Gasteiger partial charge is 0.379 e. The summed E-state index contributed by atoms with van der Waals surface area (Å²) in [6, 6.07) is 10.9. The molecule has 0 aromatic heterocycles. The number of esters is 2. The Balaban J connectivity index is 2.71. The van der Waals surface area contributed by atoms with E-state index in [9.17, 15) is 18.7 Å². The maximum absolute atomic E-state index is 13.7. The molecule has 0 aliphatic rings. The lowest BCUT2D eigenvalue weighted by atomic mass is 9.98. The van der Waals surface area contributed by atoms with E-state index in [1.807, 2.05) is 31.2 Å². The molecule has 234 valence electrons. The molecule has 0 spiro atoms. The summed E-state index contributed by atoms with van der Waals surface area (Å²) >= 11 is 0. The van der Waals surface area contributed by atoms with Crippen molar-refractivity contribution >= 4 is 27.1 Å². The molecule has 2 unspecified atom stereocenters. The number of hydrogen-bond acceptors (Lipinski definition) is 10. The number of benzene rings is 2. The van der Waals surface area contributed by atoms with Gasteiger partial charge in [0.15, 0.2) is 0 Å². The van der Waals surface area contributed by atoms with Crippen LogP contribution in [0.5, 0.6) is 11.5 Å². The summed E-state index contributed by atoms with van der Waals surface area (Å²) in [7, 11) is -7.83. The van der Waals surface area contributed by atoms with Crippen molar-refractivity contribution in [2.75, 3.05) is 13.3 Å². The van der Waals surface area contributed by atoms with Gasteiger partial charge in [0.2, 0.25) is 11.6 Å². The van der Waals surface area contributed by atoms with Gasteiger partial charge in [0.1, 0.15) is 11.5 Å². The molecular weight excluding hydrogens is 582 g/mol. The molecule has 0 fully saturated rings. The van der Waals surface area contributed by atoms with Crippen molar-refractivity contribution in [2.24, 2.45) is 0 Å². The predicted molar refractivity (Wildman–Crippen MR) is 162 cm³/mol. The second kappa shape index (κ2) is 14.2. The third kappa shape index (κ3) is 11.9. The van der Waals surface area contributed by atoms with E-state index < -0.39 is 38.7 Å². The maximum Gasteiger partial charge on any atom is 0.379 e. The van der Waals surface area contributed by atoms with Gasteiger partial charge in [-0.05, 0) is 43.0 Å². The first-order valence-corrected chi connectivity index (χ1v) is 17.8. The minimum atomic E-state index is -3.91. The zero-order valence-electron chi connectivity index (χ0n) is 26.3. The van der Waals surface area contributed by atoms with Crippen LogP contribution in [0.15, 0.2) is 36.4 Å². The Morgan fingerprint density at radius 3 is 1.67 bits per heavy atom. The van der Waals surface area contributed by atoms with Crippen LogP contribution in [-0.4, -0.2) is 36.8 Å². The zero-order valence-corrected chi connectivity index (χ0v) is 28.1. The molecule has 2 aromatic rings. The fourth-order valence-corrected chi connectivity index (χ4v) is 7.27. The van der Waals surface area contributed by atoms with Crippen LogP contribution in [0, 0.1) is 6.92 Å². The van der Waals surface area contributed by atoms with Crippen molar-refractivity contribution < 1.29 is 46.3 Å². The average Bonchev–Trinajstić information content (AvgIpc) is 2.74. The van der Waals surface area contributed by atoms with Gasteiger partial charge in [-0.25, -0.2) is 9.13 Å². The van der Waals surface area contributed by atoms with Crippen LogP contribution < -0.4 is 9.05 Å².